The lowest BCUT2D eigenvalue weighted by atomic mass is 10.1. The van der Waals surface area contributed by atoms with E-state index in [0.717, 1.165) is 10.9 Å². The van der Waals surface area contributed by atoms with Gasteiger partial charge in [-0.05, 0) is 36.8 Å². The molecule has 0 amide bonds. The molecule has 2 aromatic rings. The van der Waals surface area contributed by atoms with Crippen LogP contribution in [0.4, 0.5) is 0 Å². The summed E-state index contributed by atoms with van der Waals surface area (Å²) in [6, 6.07) is 9.39. The van der Waals surface area contributed by atoms with Gasteiger partial charge in [0.25, 0.3) is 0 Å². The highest BCUT2D eigenvalue weighted by atomic mass is 35.5. The van der Waals surface area contributed by atoms with Gasteiger partial charge in [0, 0.05) is 5.39 Å². The van der Waals surface area contributed by atoms with Crippen LogP contribution in [0.15, 0.2) is 24.3 Å². The van der Waals surface area contributed by atoms with Crippen LogP contribution < -0.4 is 0 Å². The highest BCUT2D eigenvalue weighted by Gasteiger charge is 2.02. The average Bonchev–Trinajstić information content (AvgIpc) is 2.17. The number of nitrogens with zero attached hydrogens (tertiary/aromatic N) is 2. The molecule has 0 fully saturated rings. The van der Waals surface area contributed by atoms with Gasteiger partial charge in [0.2, 0.25) is 0 Å². The summed E-state index contributed by atoms with van der Waals surface area (Å²) < 4.78 is 0. The van der Waals surface area contributed by atoms with Crippen LogP contribution in [-0.4, -0.2) is 4.98 Å². The lowest BCUT2D eigenvalue weighted by Crippen LogP contribution is -1.86. The van der Waals surface area contributed by atoms with Crippen LogP contribution in [0.2, 0.25) is 5.02 Å². The Morgan fingerprint density at radius 2 is 2.14 bits per heavy atom. The number of halogens is 1. The molecule has 2 rings (SSSR count). The molecule has 0 aliphatic heterocycles. The Bertz CT molecular complexity index is 541. The van der Waals surface area contributed by atoms with Gasteiger partial charge >= 0.3 is 0 Å². The van der Waals surface area contributed by atoms with Crippen molar-refractivity contribution in [1.82, 2.24) is 4.98 Å². The van der Waals surface area contributed by atoms with Crippen LogP contribution in [0.3, 0.4) is 0 Å². The van der Waals surface area contributed by atoms with Crippen LogP contribution >= 0.6 is 11.6 Å². The van der Waals surface area contributed by atoms with Crippen LogP contribution in [0.5, 0.6) is 0 Å². The molecule has 0 unspecified atom stereocenters. The fraction of sp³-hybridized carbons (Fsp3) is 0.0909. The van der Waals surface area contributed by atoms with Gasteiger partial charge in [-0.1, -0.05) is 11.6 Å². The Balaban J connectivity index is 2.84. The van der Waals surface area contributed by atoms with Gasteiger partial charge in [0.05, 0.1) is 10.5 Å². The van der Waals surface area contributed by atoms with E-state index in [1.165, 1.54) is 0 Å². The summed E-state index contributed by atoms with van der Waals surface area (Å²) in [4.78, 5) is 4.14. The number of hydrogen-bond donors (Lipinski definition) is 0. The summed E-state index contributed by atoms with van der Waals surface area (Å²) in [7, 11) is 0. The quantitative estimate of drug-likeness (QED) is 0.658. The molecule has 0 bridgehead atoms. The van der Waals surface area contributed by atoms with Gasteiger partial charge in [0.1, 0.15) is 11.8 Å². The number of pyridine rings is 1. The van der Waals surface area contributed by atoms with Crippen LogP contribution in [0, 0.1) is 18.3 Å². The summed E-state index contributed by atoms with van der Waals surface area (Å²) in [5.41, 5.74) is 2.17. The number of aromatic nitrogens is 1. The predicted octanol–water partition coefficient (Wildman–Crippen LogP) is 3.07. The van der Waals surface area contributed by atoms with Crippen molar-refractivity contribution >= 4 is 22.5 Å². The highest BCUT2D eigenvalue weighted by molar-refractivity contribution is 6.35. The number of rotatable bonds is 0. The second-order valence-corrected chi connectivity index (χ2v) is 3.53. The van der Waals surface area contributed by atoms with Gasteiger partial charge in [-0.15, -0.1) is 0 Å². The minimum atomic E-state index is 0.392. The molecule has 0 spiro atoms. The summed E-state index contributed by atoms with van der Waals surface area (Å²) in [6.07, 6.45) is 0. The number of aryl methyl sites for hydroxylation is 1. The summed E-state index contributed by atoms with van der Waals surface area (Å²) in [5, 5.41) is 10.2. The topological polar surface area (TPSA) is 36.7 Å². The summed E-state index contributed by atoms with van der Waals surface area (Å²) >= 11 is 6.02. The molecule has 1 aromatic heterocycles. The smallest absolute Gasteiger partial charge is 0.141 e. The van der Waals surface area contributed by atoms with Crippen molar-refractivity contribution in [2.45, 2.75) is 6.92 Å². The molecule has 1 aromatic carbocycles. The lowest BCUT2D eigenvalue weighted by molar-refractivity contribution is 1.32. The van der Waals surface area contributed by atoms with E-state index in [2.05, 4.69) is 4.98 Å². The summed E-state index contributed by atoms with van der Waals surface area (Å²) in [6.45, 7) is 1.98. The molecule has 3 heteroatoms. The van der Waals surface area contributed by atoms with Crippen LogP contribution in [-0.2, 0) is 0 Å². The van der Waals surface area contributed by atoms with Crippen molar-refractivity contribution in [3.63, 3.8) is 0 Å². The zero-order valence-electron chi connectivity index (χ0n) is 7.58. The SMILES string of the molecule is Cc1cc(Cl)c2nc(C#N)ccc2c1. The van der Waals surface area contributed by atoms with E-state index in [0.29, 0.717) is 16.2 Å². The minimum absolute atomic E-state index is 0.392. The molecule has 0 atom stereocenters. The first-order valence-corrected chi connectivity index (χ1v) is 4.55. The van der Waals surface area contributed by atoms with E-state index >= 15 is 0 Å². The molecule has 68 valence electrons. The number of benzene rings is 1. The standard InChI is InChI=1S/C11H7ClN2/c1-7-4-8-2-3-9(6-13)14-11(8)10(12)5-7/h2-5H,1H3. The molecular formula is C11H7ClN2. The Morgan fingerprint density at radius 1 is 1.36 bits per heavy atom. The maximum Gasteiger partial charge on any atom is 0.141 e. The molecule has 1 heterocycles. The lowest BCUT2D eigenvalue weighted by Gasteiger charge is -2.01. The van der Waals surface area contributed by atoms with Gasteiger partial charge < -0.3 is 0 Å². The van der Waals surface area contributed by atoms with E-state index < -0.39 is 0 Å². The number of hydrogen-bond acceptors (Lipinski definition) is 2. The monoisotopic (exact) mass is 202 g/mol. The molecule has 0 radical (unpaired) electrons. The second kappa shape index (κ2) is 3.28. The van der Waals surface area contributed by atoms with Gasteiger partial charge in [-0.3, -0.25) is 0 Å². The Hall–Kier alpha value is -1.59. The van der Waals surface area contributed by atoms with Gasteiger partial charge in [-0.25, -0.2) is 4.98 Å². The third-order valence-electron chi connectivity index (χ3n) is 2.00. The maximum absolute atomic E-state index is 8.69. The third-order valence-corrected chi connectivity index (χ3v) is 2.29. The van der Waals surface area contributed by atoms with E-state index in [9.17, 15) is 0 Å². The zero-order chi connectivity index (χ0) is 10.1. The molecule has 0 saturated carbocycles. The molecular weight excluding hydrogens is 196 g/mol. The average molecular weight is 203 g/mol. The van der Waals surface area contributed by atoms with Crippen molar-refractivity contribution in [2.75, 3.05) is 0 Å². The molecule has 0 saturated heterocycles. The van der Waals surface area contributed by atoms with E-state index in [1.54, 1.807) is 6.07 Å². The highest BCUT2D eigenvalue weighted by Crippen LogP contribution is 2.23. The van der Waals surface area contributed by atoms with Gasteiger partial charge in [0.15, 0.2) is 0 Å². The normalized spacial score (nSPS) is 10.1. The van der Waals surface area contributed by atoms with Crippen molar-refractivity contribution in [2.24, 2.45) is 0 Å². The van der Waals surface area contributed by atoms with Crippen molar-refractivity contribution in [1.29, 1.82) is 5.26 Å². The fourth-order valence-corrected chi connectivity index (χ4v) is 1.72. The first-order chi connectivity index (χ1) is 6.70. The molecule has 2 nitrogen and oxygen atoms in total. The third kappa shape index (κ3) is 1.43. The first kappa shape index (κ1) is 8.98. The maximum atomic E-state index is 8.69. The number of nitriles is 1. The van der Waals surface area contributed by atoms with Crippen molar-refractivity contribution < 1.29 is 0 Å². The minimum Gasteiger partial charge on any atom is -0.236 e. The fourth-order valence-electron chi connectivity index (χ4n) is 1.40. The molecule has 0 aliphatic carbocycles. The molecule has 0 aliphatic rings. The number of fused-ring (bicyclic) bond motifs is 1. The predicted molar refractivity (Wildman–Crippen MR) is 56.2 cm³/mol. The largest absolute Gasteiger partial charge is 0.236 e. The van der Waals surface area contributed by atoms with Gasteiger partial charge in [-0.2, -0.15) is 5.26 Å². The van der Waals surface area contributed by atoms with Crippen LogP contribution in [0.1, 0.15) is 11.3 Å². The van der Waals surface area contributed by atoms with Crippen molar-refractivity contribution in [3.05, 3.63) is 40.5 Å². The summed E-state index contributed by atoms with van der Waals surface area (Å²) in [5.74, 6) is 0. The van der Waals surface area contributed by atoms with E-state index in [1.807, 2.05) is 31.2 Å². The zero-order valence-corrected chi connectivity index (χ0v) is 8.34. The first-order valence-electron chi connectivity index (χ1n) is 4.18. The Labute approximate surface area is 86.8 Å². The van der Waals surface area contributed by atoms with E-state index in [-0.39, 0.29) is 0 Å². The second-order valence-electron chi connectivity index (χ2n) is 3.13. The van der Waals surface area contributed by atoms with E-state index in [4.69, 9.17) is 16.9 Å². The van der Waals surface area contributed by atoms with Crippen LogP contribution in [0.25, 0.3) is 10.9 Å². The van der Waals surface area contributed by atoms with Crippen molar-refractivity contribution in [3.8, 4) is 6.07 Å². The molecule has 0 N–H and O–H groups in total. The molecule has 14 heavy (non-hydrogen) atoms. The Kier molecular flexibility index (Phi) is 2.11. The Morgan fingerprint density at radius 3 is 2.86 bits per heavy atom.